The maximum absolute atomic E-state index is 11.5. The van der Waals surface area contributed by atoms with E-state index in [1.807, 2.05) is 7.05 Å². The number of aromatic nitrogens is 2. The highest BCUT2D eigenvalue weighted by atomic mass is 16.1. The summed E-state index contributed by atoms with van der Waals surface area (Å²) in [6.45, 7) is 1.03. The van der Waals surface area contributed by atoms with Crippen LogP contribution < -0.4 is 10.5 Å². The Hall–Kier alpha value is -1.32. The first-order chi connectivity index (χ1) is 7.72. The summed E-state index contributed by atoms with van der Waals surface area (Å²) in [4.78, 5) is 21.0. The predicted molar refractivity (Wildman–Crippen MR) is 62.8 cm³/mol. The molecule has 0 unspecified atom stereocenters. The number of H-pyrrole nitrogens is 1. The number of nitrogens with one attached hydrogen (secondary N) is 1. The van der Waals surface area contributed by atoms with Crippen molar-refractivity contribution in [3.63, 3.8) is 0 Å². The lowest BCUT2D eigenvalue weighted by Crippen LogP contribution is -2.24. The molecule has 0 aliphatic heterocycles. The lowest BCUT2D eigenvalue weighted by molar-refractivity contribution is 0.765. The van der Waals surface area contributed by atoms with E-state index >= 15 is 0 Å². The molecule has 2 aliphatic carbocycles. The maximum Gasteiger partial charge on any atom is 0.252 e. The Morgan fingerprint density at radius 2 is 2.19 bits per heavy atom. The SMILES string of the molecule is CN(CC1CC1)c1cc(=O)[nH]c(C2CC2)n1. The van der Waals surface area contributed by atoms with E-state index in [9.17, 15) is 4.79 Å². The summed E-state index contributed by atoms with van der Waals surface area (Å²) in [5, 5.41) is 0. The Bertz CT molecular complexity index is 446. The molecule has 86 valence electrons. The normalized spacial score (nSPS) is 19.8. The Kier molecular flexibility index (Phi) is 2.23. The van der Waals surface area contributed by atoms with Gasteiger partial charge in [0.1, 0.15) is 11.6 Å². The van der Waals surface area contributed by atoms with E-state index in [0.29, 0.717) is 5.92 Å². The van der Waals surface area contributed by atoms with Gasteiger partial charge in [-0.2, -0.15) is 0 Å². The van der Waals surface area contributed by atoms with Crippen LogP contribution in [0.1, 0.15) is 37.4 Å². The van der Waals surface area contributed by atoms with Gasteiger partial charge in [-0.1, -0.05) is 0 Å². The molecule has 0 bridgehead atoms. The number of nitrogens with zero attached hydrogens (tertiary/aromatic N) is 2. The van der Waals surface area contributed by atoms with Gasteiger partial charge in [-0.3, -0.25) is 4.79 Å². The van der Waals surface area contributed by atoms with Crippen molar-refractivity contribution in [2.45, 2.75) is 31.6 Å². The van der Waals surface area contributed by atoms with E-state index < -0.39 is 0 Å². The molecule has 0 amide bonds. The fourth-order valence-corrected chi connectivity index (χ4v) is 1.99. The quantitative estimate of drug-likeness (QED) is 0.834. The van der Waals surface area contributed by atoms with E-state index in [-0.39, 0.29) is 5.56 Å². The van der Waals surface area contributed by atoms with Crippen molar-refractivity contribution in [2.24, 2.45) is 5.92 Å². The van der Waals surface area contributed by atoms with E-state index in [1.54, 1.807) is 6.07 Å². The molecule has 4 heteroatoms. The van der Waals surface area contributed by atoms with Crippen molar-refractivity contribution >= 4 is 5.82 Å². The van der Waals surface area contributed by atoms with E-state index in [2.05, 4.69) is 14.9 Å². The zero-order chi connectivity index (χ0) is 11.1. The highest BCUT2D eigenvalue weighted by molar-refractivity contribution is 5.37. The summed E-state index contributed by atoms with van der Waals surface area (Å²) in [6.07, 6.45) is 4.98. The minimum absolute atomic E-state index is 0.0189. The Morgan fingerprint density at radius 1 is 1.44 bits per heavy atom. The van der Waals surface area contributed by atoms with Gasteiger partial charge < -0.3 is 9.88 Å². The topological polar surface area (TPSA) is 49.0 Å². The van der Waals surface area contributed by atoms with E-state index in [4.69, 9.17) is 0 Å². The van der Waals surface area contributed by atoms with Crippen molar-refractivity contribution in [2.75, 3.05) is 18.5 Å². The van der Waals surface area contributed by atoms with Gasteiger partial charge in [0.25, 0.3) is 5.56 Å². The standard InChI is InChI=1S/C12H17N3O/c1-15(7-8-2-3-8)10-6-11(16)14-12(13-10)9-4-5-9/h6,8-9H,2-5,7H2,1H3,(H,13,14,16). The molecular formula is C12H17N3O. The molecule has 3 rings (SSSR count). The summed E-state index contributed by atoms with van der Waals surface area (Å²) < 4.78 is 0. The maximum atomic E-state index is 11.5. The van der Waals surface area contributed by atoms with Gasteiger partial charge in [-0.25, -0.2) is 4.98 Å². The van der Waals surface area contributed by atoms with Crippen molar-refractivity contribution in [3.05, 3.63) is 22.2 Å². The van der Waals surface area contributed by atoms with Gasteiger partial charge in [0, 0.05) is 25.6 Å². The highest BCUT2D eigenvalue weighted by Crippen LogP contribution is 2.38. The first kappa shape index (κ1) is 9.87. The van der Waals surface area contributed by atoms with Crippen LogP contribution in [0.4, 0.5) is 5.82 Å². The molecule has 0 radical (unpaired) electrons. The molecule has 2 aliphatic rings. The molecule has 1 aromatic rings. The van der Waals surface area contributed by atoms with Crippen molar-refractivity contribution in [1.29, 1.82) is 0 Å². The first-order valence-electron chi connectivity index (χ1n) is 6.05. The molecule has 16 heavy (non-hydrogen) atoms. The second kappa shape index (κ2) is 3.61. The molecule has 1 heterocycles. The van der Waals surface area contributed by atoms with Gasteiger partial charge in [-0.05, 0) is 31.6 Å². The molecular weight excluding hydrogens is 202 g/mol. The molecule has 0 aromatic carbocycles. The monoisotopic (exact) mass is 219 g/mol. The van der Waals surface area contributed by atoms with Crippen LogP contribution in [-0.2, 0) is 0 Å². The van der Waals surface area contributed by atoms with E-state index in [0.717, 1.165) is 24.1 Å². The van der Waals surface area contributed by atoms with Gasteiger partial charge in [0.2, 0.25) is 0 Å². The predicted octanol–water partition coefficient (Wildman–Crippen LogP) is 1.49. The Morgan fingerprint density at radius 3 is 2.81 bits per heavy atom. The Balaban J connectivity index is 1.83. The van der Waals surface area contributed by atoms with Gasteiger partial charge >= 0.3 is 0 Å². The summed E-state index contributed by atoms with van der Waals surface area (Å²) in [7, 11) is 2.02. The summed E-state index contributed by atoms with van der Waals surface area (Å²) in [5.41, 5.74) is -0.0189. The second-order valence-electron chi connectivity index (χ2n) is 5.09. The van der Waals surface area contributed by atoms with Crippen LogP contribution in [-0.4, -0.2) is 23.6 Å². The molecule has 0 spiro atoms. The van der Waals surface area contributed by atoms with Crippen LogP contribution in [0.5, 0.6) is 0 Å². The largest absolute Gasteiger partial charge is 0.359 e. The van der Waals surface area contributed by atoms with Crippen molar-refractivity contribution < 1.29 is 0 Å². The average Bonchev–Trinajstić information content (AvgIpc) is 3.11. The minimum Gasteiger partial charge on any atom is -0.359 e. The zero-order valence-electron chi connectivity index (χ0n) is 9.57. The zero-order valence-corrected chi connectivity index (χ0v) is 9.57. The van der Waals surface area contributed by atoms with Crippen LogP contribution in [0.3, 0.4) is 0 Å². The minimum atomic E-state index is -0.0189. The third kappa shape index (κ3) is 2.10. The summed E-state index contributed by atoms with van der Waals surface area (Å²) in [5.74, 6) is 3.03. The number of hydrogen-bond acceptors (Lipinski definition) is 3. The van der Waals surface area contributed by atoms with Gasteiger partial charge in [-0.15, -0.1) is 0 Å². The molecule has 1 aromatic heterocycles. The van der Waals surface area contributed by atoms with Crippen molar-refractivity contribution in [3.8, 4) is 0 Å². The van der Waals surface area contributed by atoms with Gasteiger partial charge in [0.15, 0.2) is 0 Å². The fourth-order valence-electron chi connectivity index (χ4n) is 1.99. The number of anilines is 1. The molecule has 4 nitrogen and oxygen atoms in total. The van der Waals surface area contributed by atoms with Crippen molar-refractivity contribution in [1.82, 2.24) is 9.97 Å². The number of rotatable bonds is 4. The summed E-state index contributed by atoms with van der Waals surface area (Å²) >= 11 is 0. The first-order valence-corrected chi connectivity index (χ1v) is 6.05. The van der Waals surface area contributed by atoms with Crippen LogP contribution in [0, 0.1) is 5.92 Å². The smallest absolute Gasteiger partial charge is 0.252 e. The molecule has 2 fully saturated rings. The van der Waals surface area contributed by atoms with Crippen LogP contribution in [0.2, 0.25) is 0 Å². The molecule has 0 atom stereocenters. The van der Waals surface area contributed by atoms with Crippen LogP contribution in [0.25, 0.3) is 0 Å². The number of aromatic amines is 1. The lowest BCUT2D eigenvalue weighted by Gasteiger charge is -2.17. The lowest BCUT2D eigenvalue weighted by atomic mass is 10.3. The highest BCUT2D eigenvalue weighted by Gasteiger charge is 2.27. The molecule has 0 saturated heterocycles. The summed E-state index contributed by atoms with van der Waals surface area (Å²) in [6, 6.07) is 1.61. The van der Waals surface area contributed by atoms with Crippen LogP contribution >= 0.6 is 0 Å². The molecule has 1 N–H and O–H groups in total. The Labute approximate surface area is 94.7 Å². The second-order valence-corrected chi connectivity index (χ2v) is 5.09. The van der Waals surface area contributed by atoms with Gasteiger partial charge in [0.05, 0.1) is 0 Å². The van der Waals surface area contributed by atoms with Crippen LogP contribution in [0.15, 0.2) is 10.9 Å². The average molecular weight is 219 g/mol. The third-order valence-corrected chi connectivity index (χ3v) is 3.33. The number of hydrogen-bond donors (Lipinski definition) is 1. The fraction of sp³-hybridized carbons (Fsp3) is 0.667. The molecule has 2 saturated carbocycles. The third-order valence-electron chi connectivity index (χ3n) is 3.33. The van der Waals surface area contributed by atoms with E-state index in [1.165, 1.54) is 25.7 Å².